The van der Waals surface area contributed by atoms with Gasteiger partial charge >= 0.3 is 0 Å². The van der Waals surface area contributed by atoms with E-state index in [1.165, 1.54) is 11.6 Å². The fourth-order valence-corrected chi connectivity index (χ4v) is 3.71. The Morgan fingerprint density at radius 2 is 1.85 bits per heavy atom. The molecule has 0 amide bonds. The Morgan fingerprint density at radius 1 is 1.11 bits per heavy atom. The van der Waals surface area contributed by atoms with Crippen molar-refractivity contribution in [1.82, 2.24) is 10.1 Å². The zero-order valence-corrected chi connectivity index (χ0v) is 15.2. The van der Waals surface area contributed by atoms with E-state index in [4.69, 9.17) is 4.52 Å². The molecule has 0 unspecified atom stereocenters. The van der Waals surface area contributed by atoms with Crippen molar-refractivity contribution in [3.05, 3.63) is 70.0 Å². The van der Waals surface area contributed by atoms with Crippen molar-refractivity contribution in [3.8, 4) is 17.0 Å². The third-order valence-corrected chi connectivity index (χ3v) is 5.16. The van der Waals surface area contributed by atoms with Gasteiger partial charge in [-0.3, -0.25) is 4.90 Å². The van der Waals surface area contributed by atoms with E-state index < -0.39 is 11.6 Å². The monoisotopic (exact) mass is 370 g/mol. The average Bonchev–Trinajstić information content (AvgIpc) is 3.03. The molecule has 0 aliphatic carbocycles. The number of nitrogens with zero attached hydrogens (tertiary/aromatic N) is 2. The zero-order chi connectivity index (χ0) is 19.1. The third kappa shape index (κ3) is 3.32. The Morgan fingerprint density at radius 3 is 2.56 bits per heavy atom. The molecule has 0 fully saturated rings. The number of fused-ring (bicyclic) bond motifs is 1. The van der Waals surface area contributed by atoms with E-state index in [0.29, 0.717) is 24.2 Å². The standard InChI is InChI=1S/C21H20F2N2O2/c1-12-7-15(26)8-13(2)16(12)10-25-6-5-20-17(11-25)21(24-27-20)14-3-4-18(22)19(23)9-14/h3-4,7-9,26H,5-6,10-11H2,1-2H3. The lowest BCUT2D eigenvalue weighted by molar-refractivity contribution is 0.228. The van der Waals surface area contributed by atoms with Gasteiger partial charge in [-0.05, 0) is 60.9 Å². The molecule has 1 aromatic heterocycles. The van der Waals surface area contributed by atoms with Gasteiger partial charge in [0.1, 0.15) is 17.2 Å². The minimum absolute atomic E-state index is 0.273. The summed E-state index contributed by atoms with van der Waals surface area (Å²) in [6.45, 7) is 6.15. The number of aryl methyl sites for hydroxylation is 2. The maximum atomic E-state index is 13.6. The Hall–Kier alpha value is -2.73. The number of aromatic hydroxyl groups is 1. The molecule has 2 aromatic carbocycles. The molecular formula is C21H20F2N2O2. The Bertz CT molecular complexity index is 990. The predicted octanol–water partition coefficient (Wildman–Crippen LogP) is 4.50. The zero-order valence-electron chi connectivity index (χ0n) is 15.2. The molecule has 0 saturated heterocycles. The number of hydrogen-bond donors (Lipinski definition) is 1. The molecule has 4 nitrogen and oxygen atoms in total. The second kappa shape index (κ2) is 6.78. The molecule has 1 aliphatic rings. The summed E-state index contributed by atoms with van der Waals surface area (Å²) in [4.78, 5) is 2.27. The Balaban J connectivity index is 1.62. The fourth-order valence-electron chi connectivity index (χ4n) is 3.71. The number of phenolic OH excluding ortho intramolecular Hbond substituents is 1. The van der Waals surface area contributed by atoms with Crippen LogP contribution in [0.25, 0.3) is 11.3 Å². The summed E-state index contributed by atoms with van der Waals surface area (Å²) < 4.78 is 32.3. The van der Waals surface area contributed by atoms with Crippen molar-refractivity contribution < 1.29 is 18.4 Å². The van der Waals surface area contributed by atoms with Gasteiger partial charge in [-0.15, -0.1) is 0 Å². The number of hydrogen-bond acceptors (Lipinski definition) is 4. The Labute approximate surface area is 156 Å². The van der Waals surface area contributed by atoms with Gasteiger partial charge in [-0.2, -0.15) is 0 Å². The highest BCUT2D eigenvalue weighted by Gasteiger charge is 2.26. The minimum Gasteiger partial charge on any atom is -0.508 e. The van der Waals surface area contributed by atoms with Gasteiger partial charge in [0.25, 0.3) is 0 Å². The highest BCUT2D eigenvalue weighted by atomic mass is 19.2. The SMILES string of the molecule is Cc1cc(O)cc(C)c1CN1CCc2onc(-c3ccc(F)c(F)c3)c2C1. The number of phenols is 1. The normalized spacial score (nSPS) is 14.4. The van der Waals surface area contributed by atoms with Crippen molar-refractivity contribution >= 4 is 0 Å². The summed E-state index contributed by atoms with van der Waals surface area (Å²) in [5.41, 5.74) is 5.27. The number of aromatic nitrogens is 1. The third-order valence-electron chi connectivity index (χ3n) is 5.16. The molecule has 1 N–H and O–H groups in total. The summed E-state index contributed by atoms with van der Waals surface area (Å²) >= 11 is 0. The van der Waals surface area contributed by atoms with Crippen molar-refractivity contribution in [2.24, 2.45) is 0 Å². The van der Waals surface area contributed by atoms with Crippen LogP contribution in [0.4, 0.5) is 8.78 Å². The maximum absolute atomic E-state index is 13.6. The van der Waals surface area contributed by atoms with E-state index in [1.807, 2.05) is 13.8 Å². The molecule has 1 aliphatic heterocycles. The summed E-state index contributed by atoms with van der Waals surface area (Å²) in [7, 11) is 0. The lowest BCUT2D eigenvalue weighted by Gasteiger charge is -2.27. The van der Waals surface area contributed by atoms with Gasteiger partial charge < -0.3 is 9.63 Å². The van der Waals surface area contributed by atoms with E-state index in [9.17, 15) is 13.9 Å². The first-order valence-electron chi connectivity index (χ1n) is 8.86. The van der Waals surface area contributed by atoms with Gasteiger partial charge in [-0.25, -0.2) is 8.78 Å². The van der Waals surface area contributed by atoms with E-state index in [0.717, 1.165) is 47.7 Å². The molecule has 27 heavy (non-hydrogen) atoms. The van der Waals surface area contributed by atoms with Crippen LogP contribution < -0.4 is 0 Å². The number of rotatable bonds is 3. The Kier molecular flexibility index (Phi) is 4.44. The molecule has 0 bridgehead atoms. The van der Waals surface area contributed by atoms with Gasteiger partial charge in [0.15, 0.2) is 11.6 Å². The minimum atomic E-state index is -0.896. The first-order chi connectivity index (χ1) is 12.9. The van der Waals surface area contributed by atoms with Crippen molar-refractivity contribution in [2.75, 3.05) is 6.54 Å². The van der Waals surface area contributed by atoms with Gasteiger partial charge in [0.2, 0.25) is 0 Å². The van der Waals surface area contributed by atoms with Crippen LogP contribution in [0.2, 0.25) is 0 Å². The van der Waals surface area contributed by atoms with E-state index in [2.05, 4.69) is 10.1 Å². The van der Waals surface area contributed by atoms with Crippen molar-refractivity contribution in [3.63, 3.8) is 0 Å². The molecule has 0 spiro atoms. The second-order valence-electron chi connectivity index (χ2n) is 7.08. The lowest BCUT2D eigenvalue weighted by atomic mass is 9.98. The molecule has 0 atom stereocenters. The van der Waals surface area contributed by atoms with Crippen LogP contribution in [-0.2, 0) is 19.5 Å². The molecule has 4 rings (SSSR count). The number of halogens is 2. The number of benzene rings is 2. The summed E-state index contributed by atoms with van der Waals surface area (Å²) in [6.07, 6.45) is 0.711. The van der Waals surface area contributed by atoms with Crippen LogP contribution in [0.5, 0.6) is 5.75 Å². The van der Waals surface area contributed by atoms with Crippen LogP contribution in [0.3, 0.4) is 0 Å². The molecule has 0 radical (unpaired) electrons. The first kappa shape index (κ1) is 17.7. The van der Waals surface area contributed by atoms with Crippen molar-refractivity contribution in [1.29, 1.82) is 0 Å². The van der Waals surface area contributed by atoms with Gasteiger partial charge in [0, 0.05) is 37.2 Å². The average molecular weight is 370 g/mol. The predicted molar refractivity (Wildman–Crippen MR) is 97.3 cm³/mol. The lowest BCUT2D eigenvalue weighted by Crippen LogP contribution is -2.30. The van der Waals surface area contributed by atoms with Crippen LogP contribution in [0, 0.1) is 25.5 Å². The van der Waals surface area contributed by atoms with Crippen LogP contribution in [0.15, 0.2) is 34.9 Å². The molecule has 6 heteroatoms. The first-order valence-corrected chi connectivity index (χ1v) is 8.86. The molecule has 0 saturated carbocycles. The smallest absolute Gasteiger partial charge is 0.159 e. The van der Waals surface area contributed by atoms with E-state index in [-0.39, 0.29) is 5.75 Å². The largest absolute Gasteiger partial charge is 0.508 e. The van der Waals surface area contributed by atoms with Crippen LogP contribution in [0.1, 0.15) is 28.0 Å². The second-order valence-corrected chi connectivity index (χ2v) is 7.08. The van der Waals surface area contributed by atoms with E-state index in [1.54, 1.807) is 12.1 Å². The fraction of sp³-hybridized carbons (Fsp3) is 0.286. The van der Waals surface area contributed by atoms with Gasteiger partial charge in [0.05, 0.1) is 0 Å². The highest BCUT2D eigenvalue weighted by Crippen LogP contribution is 2.32. The van der Waals surface area contributed by atoms with Crippen molar-refractivity contribution in [2.45, 2.75) is 33.4 Å². The molecule has 140 valence electrons. The maximum Gasteiger partial charge on any atom is 0.159 e. The van der Waals surface area contributed by atoms with E-state index >= 15 is 0 Å². The highest BCUT2D eigenvalue weighted by molar-refractivity contribution is 5.63. The molecule has 3 aromatic rings. The molecular weight excluding hydrogens is 350 g/mol. The van der Waals surface area contributed by atoms with Crippen LogP contribution in [-0.4, -0.2) is 21.7 Å². The topological polar surface area (TPSA) is 49.5 Å². The summed E-state index contributed by atoms with van der Waals surface area (Å²) in [5, 5.41) is 13.8. The quantitative estimate of drug-likeness (QED) is 0.737. The summed E-state index contributed by atoms with van der Waals surface area (Å²) in [5.74, 6) is -0.706. The molecule has 2 heterocycles. The van der Waals surface area contributed by atoms with Gasteiger partial charge in [-0.1, -0.05) is 5.16 Å². The summed E-state index contributed by atoms with van der Waals surface area (Å²) in [6, 6.07) is 7.31. The van der Waals surface area contributed by atoms with Crippen LogP contribution >= 0.6 is 0 Å².